The van der Waals surface area contributed by atoms with Gasteiger partial charge in [0.05, 0.1) is 26.3 Å². The Bertz CT molecular complexity index is 849. The number of Topliss-reactive ketones (excluding diaryl/α,β-unsaturated/α-hetero) is 1. The van der Waals surface area contributed by atoms with Gasteiger partial charge in [0, 0.05) is 24.7 Å². The minimum atomic E-state index is -0.582. The third-order valence-electron chi connectivity index (χ3n) is 4.83. The molecular weight excluding hydrogens is 359 g/mol. The maximum absolute atomic E-state index is 14.4. The SMILES string of the molecule is COc1ccc(N(CC(=O)c2ccc(OC)cc2F)C2=NCCCCC2)cc1. The number of hydrogen-bond acceptors (Lipinski definition) is 5. The lowest BCUT2D eigenvalue weighted by molar-refractivity contribution is 0.0998. The molecule has 28 heavy (non-hydrogen) atoms. The first kappa shape index (κ1) is 19.9. The second-order valence-electron chi connectivity index (χ2n) is 6.66. The van der Waals surface area contributed by atoms with Crippen molar-refractivity contribution in [2.75, 3.05) is 32.2 Å². The van der Waals surface area contributed by atoms with E-state index in [0.29, 0.717) is 5.75 Å². The van der Waals surface area contributed by atoms with Crippen LogP contribution in [0.4, 0.5) is 10.1 Å². The van der Waals surface area contributed by atoms with Gasteiger partial charge in [-0.3, -0.25) is 9.79 Å². The lowest BCUT2D eigenvalue weighted by Gasteiger charge is -2.26. The van der Waals surface area contributed by atoms with Gasteiger partial charge in [-0.2, -0.15) is 0 Å². The van der Waals surface area contributed by atoms with Gasteiger partial charge in [0.2, 0.25) is 0 Å². The van der Waals surface area contributed by atoms with Gasteiger partial charge >= 0.3 is 0 Å². The molecule has 0 fully saturated rings. The largest absolute Gasteiger partial charge is 0.497 e. The van der Waals surface area contributed by atoms with Crippen molar-refractivity contribution >= 4 is 17.3 Å². The highest BCUT2D eigenvalue weighted by atomic mass is 19.1. The van der Waals surface area contributed by atoms with E-state index in [-0.39, 0.29) is 17.9 Å². The Labute approximate surface area is 164 Å². The zero-order valence-corrected chi connectivity index (χ0v) is 16.3. The Morgan fingerprint density at radius 2 is 1.75 bits per heavy atom. The average Bonchev–Trinajstić information content (AvgIpc) is 3.01. The van der Waals surface area contributed by atoms with E-state index in [1.165, 1.54) is 19.2 Å². The summed E-state index contributed by atoms with van der Waals surface area (Å²) in [6.07, 6.45) is 3.98. The van der Waals surface area contributed by atoms with Crippen molar-refractivity contribution in [3.63, 3.8) is 0 Å². The van der Waals surface area contributed by atoms with Crippen molar-refractivity contribution in [1.82, 2.24) is 0 Å². The Morgan fingerprint density at radius 1 is 1.04 bits per heavy atom. The quantitative estimate of drug-likeness (QED) is 0.688. The van der Waals surface area contributed by atoms with E-state index in [0.717, 1.165) is 49.5 Å². The smallest absolute Gasteiger partial charge is 0.185 e. The molecule has 1 heterocycles. The summed E-state index contributed by atoms with van der Waals surface area (Å²) < 4.78 is 24.6. The normalized spacial score (nSPS) is 14.0. The third-order valence-corrected chi connectivity index (χ3v) is 4.83. The van der Waals surface area contributed by atoms with Crippen molar-refractivity contribution in [3.8, 4) is 11.5 Å². The van der Waals surface area contributed by atoms with Crippen molar-refractivity contribution in [2.24, 2.45) is 4.99 Å². The summed E-state index contributed by atoms with van der Waals surface area (Å²) in [5.41, 5.74) is 0.886. The predicted octanol–water partition coefficient (Wildman–Crippen LogP) is 4.50. The van der Waals surface area contributed by atoms with E-state index in [1.54, 1.807) is 13.2 Å². The molecule has 0 saturated carbocycles. The second-order valence-corrected chi connectivity index (χ2v) is 6.66. The number of amidine groups is 1. The minimum absolute atomic E-state index is 0.0222. The lowest BCUT2D eigenvalue weighted by Crippen LogP contribution is -2.36. The molecule has 6 heteroatoms. The molecule has 0 aliphatic carbocycles. The molecule has 0 saturated heterocycles. The molecule has 1 aliphatic heterocycles. The standard InChI is InChI=1S/C22H25FN2O3/c1-27-17-9-7-16(8-10-17)25(22-6-4-3-5-13-24-22)15-21(26)19-12-11-18(28-2)14-20(19)23/h7-12,14H,3-6,13,15H2,1-2H3. The molecule has 0 radical (unpaired) electrons. The number of carbonyl (C=O) groups excluding carboxylic acids is 1. The number of nitrogens with zero attached hydrogens (tertiary/aromatic N) is 2. The average molecular weight is 384 g/mol. The molecule has 0 unspecified atom stereocenters. The molecule has 0 amide bonds. The Morgan fingerprint density at radius 3 is 2.43 bits per heavy atom. The van der Waals surface area contributed by atoms with Crippen LogP contribution in [0.3, 0.4) is 0 Å². The first-order chi connectivity index (χ1) is 13.6. The Balaban J connectivity index is 1.89. The van der Waals surface area contributed by atoms with Gasteiger partial charge in [0.25, 0.3) is 0 Å². The zero-order valence-electron chi connectivity index (χ0n) is 16.3. The van der Waals surface area contributed by atoms with Crippen LogP contribution >= 0.6 is 0 Å². The van der Waals surface area contributed by atoms with Crippen LogP contribution < -0.4 is 14.4 Å². The molecule has 0 atom stereocenters. The highest BCUT2D eigenvalue weighted by Crippen LogP contribution is 2.24. The summed E-state index contributed by atoms with van der Waals surface area (Å²) >= 11 is 0. The molecule has 2 aromatic rings. The molecule has 148 valence electrons. The number of methoxy groups -OCH3 is 2. The summed E-state index contributed by atoms with van der Waals surface area (Å²) in [7, 11) is 3.07. The van der Waals surface area contributed by atoms with Crippen molar-refractivity contribution in [3.05, 3.63) is 53.8 Å². The molecule has 0 N–H and O–H groups in total. The molecule has 1 aliphatic rings. The van der Waals surface area contributed by atoms with E-state index in [4.69, 9.17) is 9.47 Å². The Kier molecular flexibility index (Phi) is 6.63. The van der Waals surface area contributed by atoms with E-state index in [9.17, 15) is 9.18 Å². The van der Waals surface area contributed by atoms with Crippen LogP contribution in [0, 0.1) is 5.82 Å². The van der Waals surface area contributed by atoms with Gasteiger partial charge in [-0.25, -0.2) is 4.39 Å². The number of rotatable bonds is 6. The molecule has 0 spiro atoms. The Hall–Kier alpha value is -2.89. The molecular formula is C22H25FN2O3. The van der Waals surface area contributed by atoms with Crippen LogP contribution in [-0.4, -0.2) is 38.9 Å². The van der Waals surface area contributed by atoms with Crippen LogP contribution in [0.5, 0.6) is 11.5 Å². The topological polar surface area (TPSA) is 51.1 Å². The van der Waals surface area contributed by atoms with E-state index in [2.05, 4.69) is 4.99 Å². The van der Waals surface area contributed by atoms with Crippen molar-refractivity contribution in [1.29, 1.82) is 0 Å². The van der Waals surface area contributed by atoms with Crippen molar-refractivity contribution in [2.45, 2.75) is 25.7 Å². The summed E-state index contributed by atoms with van der Waals surface area (Å²) in [6.45, 7) is 0.765. The number of halogens is 1. The third kappa shape index (κ3) is 4.68. The van der Waals surface area contributed by atoms with Gasteiger partial charge in [-0.05, 0) is 49.2 Å². The maximum Gasteiger partial charge on any atom is 0.185 e. The van der Waals surface area contributed by atoms with Gasteiger partial charge in [0.1, 0.15) is 23.2 Å². The number of carbonyl (C=O) groups is 1. The fourth-order valence-corrected chi connectivity index (χ4v) is 3.25. The van der Waals surface area contributed by atoms with E-state index >= 15 is 0 Å². The molecule has 3 rings (SSSR count). The second kappa shape index (κ2) is 9.35. The summed E-state index contributed by atoms with van der Waals surface area (Å²) in [4.78, 5) is 19.5. The molecule has 5 nitrogen and oxygen atoms in total. The molecule has 0 aromatic heterocycles. The number of benzene rings is 2. The first-order valence-electron chi connectivity index (χ1n) is 9.44. The minimum Gasteiger partial charge on any atom is -0.497 e. The monoisotopic (exact) mass is 384 g/mol. The van der Waals surface area contributed by atoms with Gasteiger partial charge in [-0.15, -0.1) is 0 Å². The highest BCUT2D eigenvalue weighted by Gasteiger charge is 2.21. The van der Waals surface area contributed by atoms with Crippen LogP contribution in [0.2, 0.25) is 0 Å². The summed E-state index contributed by atoms with van der Waals surface area (Å²) in [6, 6.07) is 11.8. The number of hydrogen-bond donors (Lipinski definition) is 0. The number of ether oxygens (including phenoxy) is 2. The van der Waals surface area contributed by atoms with Crippen LogP contribution in [-0.2, 0) is 0 Å². The van der Waals surface area contributed by atoms with E-state index < -0.39 is 5.82 Å². The maximum atomic E-state index is 14.4. The zero-order chi connectivity index (χ0) is 19.9. The lowest BCUT2D eigenvalue weighted by atomic mass is 10.1. The molecule has 2 aromatic carbocycles. The fraction of sp³-hybridized carbons (Fsp3) is 0.364. The van der Waals surface area contributed by atoms with Crippen LogP contribution in [0.25, 0.3) is 0 Å². The van der Waals surface area contributed by atoms with Crippen LogP contribution in [0.15, 0.2) is 47.5 Å². The van der Waals surface area contributed by atoms with Gasteiger partial charge < -0.3 is 14.4 Å². The number of ketones is 1. The fourth-order valence-electron chi connectivity index (χ4n) is 3.25. The van der Waals surface area contributed by atoms with Crippen LogP contribution in [0.1, 0.15) is 36.0 Å². The van der Waals surface area contributed by atoms with Gasteiger partial charge in [0.15, 0.2) is 5.78 Å². The summed E-state index contributed by atoms with van der Waals surface area (Å²) in [5.74, 6) is 1.10. The van der Waals surface area contributed by atoms with Gasteiger partial charge in [-0.1, -0.05) is 6.42 Å². The molecule has 0 bridgehead atoms. The number of anilines is 1. The predicted molar refractivity (Wildman–Crippen MR) is 108 cm³/mol. The highest BCUT2D eigenvalue weighted by molar-refractivity contribution is 6.07. The first-order valence-corrected chi connectivity index (χ1v) is 9.44. The number of aliphatic imine (C=N–C) groups is 1. The van der Waals surface area contributed by atoms with E-state index in [1.807, 2.05) is 29.2 Å². The summed E-state index contributed by atoms with van der Waals surface area (Å²) in [5, 5.41) is 0. The van der Waals surface area contributed by atoms with Crippen molar-refractivity contribution < 1.29 is 18.7 Å².